The number of amides is 1. The number of rotatable bonds is 3. The number of ether oxygens (including phenoxy) is 1. The molecule has 1 aliphatic rings. The molecule has 1 aliphatic heterocycles. The summed E-state index contributed by atoms with van der Waals surface area (Å²) in [6.45, 7) is 1.80. The van der Waals surface area contributed by atoms with Crippen molar-refractivity contribution < 1.29 is 9.53 Å². The zero-order valence-corrected chi connectivity index (χ0v) is 13.4. The van der Waals surface area contributed by atoms with Crippen molar-refractivity contribution in [1.82, 2.24) is 9.88 Å². The Bertz CT molecular complexity index is 841. The van der Waals surface area contributed by atoms with E-state index < -0.39 is 0 Å². The zero-order valence-electron chi connectivity index (χ0n) is 13.4. The molecule has 0 radical (unpaired) electrons. The highest BCUT2D eigenvalue weighted by Crippen LogP contribution is 2.26. The molecule has 1 N–H and O–H groups in total. The number of morpholine rings is 1. The minimum absolute atomic E-state index is 0.00217. The molecule has 0 saturated carbocycles. The van der Waals surface area contributed by atoms with Crippen LogP contribution in [0, 0.1) is 0 Å². The highest BCUT2D eigenvalue weighted by Gasteiger charge is 2.28. The van der Waals surface area contributed by atoms with Gasteiger partial charge in [-0.25, -0.2) is 0 Å². The Hall–Kier alpha value is -2.59. The molecule has 0 spiro atoms. The van der Waals surface area contributed by atoms with Crippen molar-refractivity contribution in [3.63, 3.8) is 0 Å². The number of aromatic nitrogens is 1. The molecule has 1 atom stereocenters. The molecule has 0 aliphatic carbocycles. The second-order valence-electron chi connectivity index (χ2n) is 6.12. The van der Waals surface area contributed by atoms with E-state index in [1.54, 1.807) is 0 Å². The maximum atomic E-state index is 12.9. The van der Waals surface area contributed by atoms with Gasteiger partial charge in [-0.3, -0.25) is 4.79 Å². The number of hydrogen-bond acceptors (Lipinski definition) is 2. The van der Waals surface area contributed by atoms with E-state index in [1.165, 1.54) is 0 Å². The van der Waals surface area contributed by atoms with Crippen LogP contribution < -0.4 is 0 Å². The first-order chi connectivity index (χ1) is 11.8. The molecule has 0 bridgehead atoms. The summed E-state index contributed by atoms with van der Waals surface area (Å²) in [5, 5.41) is 1.12. The van der Waals surface area contributed by atoms with Crippen LogP contribution in [0.5, 0.6) is 0 Å². The number of benzene rings is 2. The topological polar surface area (TPSA) is 45.3 Å². The average Bonchev–Trinajstić information content (AvgIpc) is 3.05. The van der Waals surface area contributed by atoms with Gasteiger partial charge in [-0.15, -0.1) is 0 Å². The van der Waals surface area contributed by atoms with Gasteiger partial charge in [-0.1, -0.05) is 48.5 Å². The van der Waals surface area contributed by atoms with Crippen LogP contribution in [-0.2, 0) is 16.0 Å². The Morgan fingerprint density at radius 1 is 1.12 bits per heavy atom. The SMILES string of the molecule is O=C(Cc1c[nH]c2ccccc12)N1CCOCC1c1ccccc1. The van der Waals surface area contributed by atoms with Gasteiger partial charge in [-0.2, -0.15) is 0 Å². The lowest BCUT2D eigenvalue weighted by Gasteiger charge is -2.36. The van der Waals surface area contributed by atoms with E-state index in [1.807, 2.05) is 47.5 Å². The second kappa shape index (κ2) is 6.49. The molecule has 2 heterocycles. The lowest BCUT2D eigenvalue weighted by atomic mass is 10.0. The van der Waals surface area contributed by atoms with Crippen LogP contribution in [0.15, 0.2) is 60.8 Å². The predicted octanol–water partition coefficient (Wildman–Crippen LogP) is 3.31. The number of carbonyl (C=O) groups is 1. The first-order valence-electron chi connectivity index (χ1n) is 8.30. The van der Waals surface area contributed by atoms with E-state index in [2.05, 4.69) is 23.2 Å². The number of nitrogens with one attached hydrogen (secondary N) is 1. The zero-order chi connectivity index (χ0) is 16.4. The number of H-pyrrole nitrogens is 1. The van der Waals surface area contributed by atoms with Crippen molar-refractivity contribution in [1.29, 1.82) is 0 Å². The van der Waals surface area contributed by atoms with Gasteiger partial charge in [0.05, 0.1) is 25.7 Å². The van der Waals surface area contributed by atoms with E-state index in [-0.39, 0.29) is 11.9 Å². The van der Waals surface area contributed by atoms with Gasteiger partial charge in [0.1, 0.15) is 0 Å². The summed E-state index contributed by atoms with van der Waals surface area (Å²) in [6.07, 6.45) is 2.36. The van der Waals surface area contributed by atoms with Crippen LogP contribution in [0.4, 0.5) is 0 Å². The molecule has 1 amide bonds. The van der Waals surface area contributed by atoms with Crippen LogP contribution in [0.1, 0.15) is 17.2 Å². The fourth-order valence-corrected chi connectivity index (χ4v) is 3.40. The summed E-state index contributed by atoms with van der Waals surface area (Å²) in [5.74, 6) is 0.150. The quantitative estimate of drug-likeness (QED) is 0.805. The van der Waals surface area contributed by atoms with Crippen molar-refractivity contribution >= 4 is 16.8 Å². The Morgan fingerprint density at radius 2 is 1.92 bits per heavy atom. The number of carbonyl (C=O) groups excluding carboxylic acids is 1. The van der Waals surface area contributed by atoms with Crippen molar-refractivity contribution in [2.24, 2.45) is 0 Å². The fourth-order valence-electron chi connectivity index (χ4n) is 3.40. The van der Waals surface area contributed by atoms with Gasteiger partial charge < -0.3 is 14.6 Å². The molecule has 3 aromatic rings. The molecule has 4 rings (SSSR count). The van der Waals surface area contributed by atoms with Gasteiger partial charge in [0.25, 0.3) is 0 Å². The third kappa shape index (κ3) is 2.81. The molecule has 2 aromatic carbocycles. The minimum Gasteiger partial charge on any atom is -0.377 e. The molecule has 4 nitrogen and oxygen atoms in total. The van der Waals surface area contributed by atoms with Gasteiger partial charge in [-0.05, 0) is 17.2 Å². The molecular weight excluding hydrogens is 300 g/mol. The van der Waals surface area contributed by atoms with Crippen LogP contribution in [0.25, 0.3) is 10.9 Å². The van der Waals surface area contributed by atoms with Crippen LogP contribution in [0.2, 0.25) is 0 Å². The van der Waals surface area contributed by atoms with E-state index in [4.69, 9.17) is 4.74 Å². The Morgan fingerprint density at radius 3 is 2.79 bits per heavy atom. The Balaban J connectivity index is 1.58. The van der Waals surface area contributed by atoms with Crippen LogP contribution >= 0.6 is 0 Å². The summed E-state index contributed by atoms with van der Waals surface area (Å²) in [6, 6.07) is 18.2. The number of para-hydroxylation sites is 1. The third-order valence-corrected chi connectivity index (χ3v) is 4.65. The van der Waals surface area contributed by atoms with Crippen LogP contribution in [0.3, 0.4) is 0 Å². The number of fused-ring (bicyclic) bond motifs is 1. The van der Waals surface area contributed by atoms with Crippen molar-refractivity contribution in [3.05, 3.63) is 71.9 Å². The summed E-state index contributed by atoms with van der Waals surface area (Å²) in [7, 11) is 0. The summed E-state index contributed by atoms with van der Waals surface area (Å²) in [4.78, 5) is 18.2. The van der Waals surface area contributed by atoms with Crippen molar-refractivity contribution in [2.45, 2.75) is 12.5 Å². The Kier molecular flexibility index (Phi) is 4.05. The van der Waals surface area contributed by atoms with E-state index >= 15 is 0 Å². The highest BCUT2D eigenvalue weighted by molar-refractivity contribution is 5.89. The summed E-state index contributed by atoms with van der Waals surface area (Å²) < 4.78 is 5.62. The fraction of sp³-hybridized carbons (Fsp3) is 0.250. The lowest BCUT2D eigenvalue weighted by Crippen LogP contribution is -2.44. The molecular formula is C20H20N2O2. The second-order valence-corrected chi connectivity index (χ2v) is 6.12. The number of nitrogens with zero attached hydrogens (tertiary/aromatic N) is 1. The molecule has 1 unspecified atom stereocenters. The molecule has 24 heavy (non-hydrogen) atoms. The van der Waals surface area contributed by atoms with Crippen LogP contribution in [-0.4, -0.2) is 35.5 Å². The monoisotopic (exact) mass is 320 g/mol. The number of hydrogen-bond donors (Lipinski definition) is 1. The smallest absolute Gasteiger partial charge is 0.227 e. The highest BCUT2D eigenvalue weighted by atomic mass is 16.5. The Labute approximate surface area is 141 Å². The maximum Gasteiger partial charge on any atom is 0.227 e. The van der Waals surface area contributed by atoms with Gasteiger partial charge >= 0.3 is 0 Å². The number of aromatic amines is 1. The van der Waals surface area contributed by atoms with Gasteiger partial charge in [0.15, 0.2) is 0 Å². The molecule has 122 valence electrons. The maximum absolute atomic E-state index is 12.9. The van der Waals surface area contributed by atoms with Gasteiger partial charge in [0.2, 0.25) is 5.91 Å². The summed E-state index contributed by atoms with van der Waals surface area (Å²) >= 11 is 0. The average molecular weight is 320 g/mol. The third-order valence-electron chi connectivity index (χ3n) is 4.65. The first-order valence-corrected chi connectivity index (χ1v) is 8.30. The first kappa shape index (κ1) is 15.0. The summed E-state index contributed by atoms with van der Waals surface area (Å²) in [5.41, 5.74) is 3.25. The van der Waals surface area contributed by atoms with E-state index in [0.29, 0.717) is 26.2 Å². The van der Waals surface area contributed by atoms with E-state index in [0.717, 1.165) is 22.0 Å². The lowest BCUT2D eigenvalue weighted by molar-refractivity contribution is -0.139. The molecule has 1 aromatic heterocycles. The normalized spacial score (nSPS) is 18.0. The minimum atomic E-state index is -0.00217. The van der Waals surface area contributed by atoms with Crippen molar-refractivity contribution in [2.75, 3.05) is 19.8 Å². The van der Waals surface area contributed by atoms with Gasteiger partial charge in [0, 0.05) is 23.6 Å². The van der Waals surface area contributed by atoms with E-state index in [9.17, 15) is 4.79 Å². The molecule has 1 saturated heterocycles. The standard InChI is InChI=1S/C20H20N2O2/c23-20(12-16-13-21-18-9-5-4-8-17(16)18)22-10-11-24-14-19(22)15-6-2-1-3-7-15/h1-9,13,19,21H,10-12,14H2. The predicted molar refractivity (Wildman–Crippen MR) is 93.7 cm³/mol. The largest absolute Gasteiger partial charge is 0.377 e. The molecule has 1 fully saturated rings. The molecule has 4 heteroatoms. The van der Waals surface area contributed by atoms with Crippen molar-refractivity contribution in [3.8, 4) is 0 Å².